The third kappa shape index (κ3) is 5.55. The SMILES string of the molecule is [B]c1cnn2c(NCc3cccnc3)cc(C3CCN(Cc4ccc(Oc5ccccc5)cc4)CC3)nc12. The van der Waals surface area contributed by atoms with Crippen LogP contribution in [-0.2, 0) is 13.1 Å². The standard InChI is InChI=1S/C30H29BN6O/c31-27-20-34-37-29(33-19-23-5-4-14-32-18-23)17-28(35-30(27)37)24-12-15-36(16-13-24)21-22-8-10-26(11-9-22)38-25-6-2-1-3-7-25/h1-11,14,17-18,20,24,33H,12-13,15-16,19,21H2. The van der Waals surface area contributed by atoms with Crippen LogP contribution in [0.3, 0.4) is 0 Å². The number of hydrogen-bond acceptors (Lipinski definition) is 6. The van der Waals surface area contributed by atoms with E-state index in [0.717, 1.165) is 61.1 Å². The first kappa shape index (κ1) is 24.2. The molecule has 4 heterocycles. The highest BCUT2D eigenvalue weighted by molar-refractivity contribution is 6.36. The first-order valence-electron chi connectivity index (χ1n) is 13.0. The van der Waals surface area contributed by atoms with Crippen LogP contribution in [0, 0.1) is 0 Å². The van der Waals surface area contributed by atoms with Gasteiger partial charge in [0.15, 0.2) is 0 Å². The van der Waals surface area contributed by atoms with Crippen LogP contribution in [0.25, 0.3) is 5.65 Å². The normalized spacial score (nSPS) is 14.5. The van der Waals surface area contributed by atoms with Gasteiger partial charge in [-0.25, -0.2) is 4.98 Å². The Morgan fingerprint density at radius 2 is 1.68 bits per heavy atom. The van der Waals surface area contributed by atoms with Gasteiger partial charge in [0.25, 0.3) is 0 Å². The lowest BCUT2D eigenvalue weighted by Gasteiger charge is -2.32. The van der Waals surface area contributed by atoms with E-state index in [0.29, 0.717) is 23.6 Å². The Morgan fingerprint density at radius 3 is 2.45 bits per heavy atom. The molecule has 0 saturated carbocycles. The smallest absolute Gasteiger partial charge is 0.150 e. The molecule has 2 radical (unpaired) electrons. The number of likely N-dealkylation sites (tertiary alicyclic amines) is 1. The number of fused-ring (bicyclic) bond motifs is 1. The third-order valence-electron chi connectivity index (χ3n) is 7.03. The lowest BCUT2D eigenvalue weighted by atomic mass is 9.92. The van der Waals surface area contributed by atoms with Crippen molar-refractivity contribution in [2.24, 2.45) is 0 Å². The molecular weight excluding hydrogens is 471 g/mol. The van der Waals surface area contributed by atoms with Gasteiger partial charge in [-0.1, -0.05) is 36.4 Å². The van der Waals surface area contributed by atoms with Gasteiger partial charge in [-0.2, -0.15) is 9.61 Å². The van der Waals surface area contributed by atoms with Gasteiger partial charge in [-0.3, -0.25) is 9.88 Å². The van der Waals surface area contributed by atoms with Crippen molar-refractivity contribution in [3.05, 3.63) is 108 Å². The fraction of sp³-hybridized carbons (Fsp3) is 0.233. The molecule has 1 aliphatic heterocycles. The average Bonchev–Trinajstić information content (AvgIpc) is 3.35. The van der Waals surface area contributed by atoms with Crippen molar-refractivity contribution in [1.29, 1.82) is 0 Å². The first-order chi connectivity index (χ1) is 18.7. The maximum Gasteiger partial charge on any atom is 0.150 e. The molecule has 0 unspecified atom stereocenters. The number of aromatic nitrogens is 4. The Labute approximate surface area is 223 Å². The zero-order valence-electron chi connectivity index (χ0n) is 21.2. The number of piperidine rings is 1. The molecule has 1 aliphatic rings. The van der Waals surface area contributed by atoms with Crippen molar-refractivity contribution in [2.45, 2.75) is 31.8 Å². The molecule has 6 rings (SSSR count). The zero-order valence-corrected chi connectivity index (χ0v) is 21.2. The minimum absolute atomic E-state index is 0.381. The third-order valence-corrected chi connectivity index (χ3v) is 7.03. The first-order valence-corrected chi connectivity index (χ1v) is 13.0. The zero-order chi connectivity index (χ0) is 25.7. The molecule has 38 heavy (non-hydrogen) atoms. The molecule has 3 aromatic heterocycles. The Hall–Kier alpha value is -4.17. The van der Waals surface area contributed by atoms with Gasteiger partial charge in [0.05, 0.1) is 0 Å². The monoisotopic (exact) mass is 500 g/mol. The predicted octanol–water partition coefficient (Wildman–Crippen LogP) is 4.70. The molecule has 0 aliphatic carbocycles. The van der Waals surface area contributed by atoms with E-state index in [-0.39, 0.29) is 0 Å². The van der Waals surface area contributed by atoms with E-state index in [2.05, 4.69) is 44.6 Å². The van der Waals surface area contributed by atoms with Crippen LogP contribution in [0.5, 0.6) is 11.5 Å². The van der Waals surface area contributed by atoms with E-state index >= 15 is 0 Å². The molecular formula is C30H29BN6O. The summed E-state index contributed by atoms with van der Waals surface area (Å²) in [6.45, 7) is 3.62. The molecule has 188 valence electrons. The van der Waals surface area contributed by atoms with E-state index in [1.165, 1.54) is 5.56 Å². The number of para-hydroxylation sites is 1. The quantitative estimate of drug-likeness (QED) is 0.312. The van der Waals surface area contributed by atoms with Crippen molar-refractivity contribution in [1.82, 2.24) is 24.5 Å². The van der Waals surface area contributed by atoms with Crippen LogP contribution in [0.15, 0.2) is 91.4 Å². The number of anilines is 1. The summed E-state index contributed by atoms with van der Waals surface area (Å²) in [5.41, 5.74) is 4.76. The number of benzene rings is 2. The lowest BCUT2D eigenvalue weighted by molar-refractivity contribution is 0.203. The summed E-state index contributed by atoms with van der Waals surface area (Å²) in [5.74, 6) is 2.98. The summed E-state index contributed by atoms with van der Waals surface area (Å²) in [6.07, 6.45) is 7.41. The molecule has 7 nitrogen and oxygen atoms in total. The molecule has 0 amide bonds. The molecule has 8 heteroatoms. The van der Waals surface area contributed by atoms with Gasteiger partial charge in [0.2, 0.25) is 0 Å². The van der Waals surface area contributed by atoms with Crippen LogP contribution >= 0.6 is 0 Å². The van der Waals surface area contributed by atoms with Crippen molar-refractivity contribution in [3.63, 3.8) is 0 Å². The molecule has 1 fully saturated rings. The second-order valence-electron chi connectivity index (χ2n) is 9.73. The lowest BCUT2D eigenvalue weighted by Crippen LogP contribution is -2.32. The average molecular weight is 500 g/mol. The largest absolute Gasteiger partial charge is 0.457 e. The number of pyridine rings is 1. The molecule has 1 N–H and O–H groups in total. The van der Waals surface area contributed by atoms with Crippen LogP contribution in [0.4, 0.5) is 5.82 Å². The molecule has 2 aromatic carbocycles. The molecule has 1 saturated heterocycles. The minimum atomic E-state index is 0.381. The fourth-order valence-electron chi connectivity index (χ4n) is 4.96. The second-order valence-corrected chi connectivity index (χ2v) is 9.73. The minimum Gasteiger partial charge on any atom is -0.457 e. The van der Waals surface area contributed by atoms with Crippen molar-refractivity contribution < 1.29 is 4.74 Å². The van der Waals surface area contributed by atoms with Gasteiger partial charge >= 0.3 is 0 Å². The van der Waals surface area contributed by atoms with Crippen molar-refractivity contribution >= 4 is 24.8 Å². The number of nitrogens with zero attached hydrogens (tertiary/aromatic N) is 5. The highest BCUT2D eigenvalue weighted by atomic mass is 16.5. The number of ether oxygens (including phenoxy) is 1. The second kappa shape index (κ2) is 11.1. The van der Waals surface area contributed by atoms with E-state index in [1.54, 1.807) is 16.9 Å². The van der Waals surface area contributed by atoms with E-state index in [1.807, 2.05) is 54.7 Å². The van der Waals surface area contributed by atoms with Crippen molar-refractivity contribution in [2.75, 3.05) is 18.4 Å². The molecule has 0 atom stereocenters. The highest BCUT2D eigenvalue weighted by Gasteiger charge is 2.23. The fourth-order valence-corrected chi connectivity index (χ4v) is 4.96. The van der Waals surface area contributed by atoms with E-state index in [9.17, 15) is 0 Å². The topological polar surface area (TPSA) is 67.6 Å². The predicted molar refractivity (Wildman–Crippen MR) is 150 cm³/mol. The number of hydrogen-bond donors (Lipinski definition) is 1. The van der Waals surface area contributed by atoms with Gasteiger partial charge in [0, 0.05) is 49.4 Å². The summed E-state index contributed by atoms with van der Waals surface area (Å²) < 4.78 is 7.71. The maximum absolute atomic E-state index is 6.21. The summed E-state index contributed by atoms with van der Waals surface area (Å²) in [6, 6.07) is 24.4. The van der Waals surface area contributed by atoms with E-state index in [4.69, 9.17) is 17.6 Å². The highest BCUT2D eigenvalue weighted by Crippen LogP contribution is 2.30. The van der Waals surface area contributed by atoms with Crippen LogP contribution in [0.2, 0.25) is 0 Å². The Morgan fingerprint density at radius 1 is 0.895 bits per heavy atom. The molecule has 0 bridgehead atoms. The summed E-state index contributed by atoms with van der Waals surface area (Å²) in [7, 11) is 6.21. The number of nitrogens with one attached hydrogen (secondary N) is 1. The van der Waals surface area contributed by atoms with Crippen LogP contribution in [0.1, 0.15) is 35.6 Å². The van der Waals surface area contributed by atoms with Gasteiger partial charge < -0.3 is 10.1 Å². The Kier molecular flexibility index (Phi) is 7.04. The number of rotatable bonds is 8. The van der Waals surface area contributed by atoms with Crippen molar-refractivity contribution in [3.8, 4) is 11.5 Å². The molecule has 5 aromatic rings. The van der Waals surface area contributed by atoms with Gasteiger partial charge in [0.1, 0.15) is 30.8 Å². The summed E-state index contributed by atoms with van der Waals surface area (Å²) in [4.78, 5) is 11.6. The van der Waals surface area contributed by atoms with E-state index < -0.39 is 0 Å². The Balaban J connectivity index is 1.09. The van der Waals surface area contributed by atoms with Gasteiger partial charge in [-0.15, -0.1) is 0 Å². The maximum atomic E-state index is 6.21. The van der Waals surface area contributed by atoms with Crippen LogP contribution in [-0.4, -0.2) is 45.4 Å². The Bertz CT molecular complexity index is 1480. The van der Waals surface area contributed by atoms with Gasteiger partial charge in [-0.05, 0) is 72.9 Å². The molecule has 0 spiro atoms. The summed E-state index contributed by atoms with van der Waals surface area (Å²) in [5, 5.41) is 7.94. The van der Waals surface area contributed by atoms with Crippen LogP contribution < -0.4 is 15.5 Å². The summed E-state index contributed by atoms with van der Waals surface area (Å²) >= 11 is 0.